The molecule has 0 unspecified atom stereocenters. The third-order valence-electron chi connectivity index (χ3n) is 6.02. The van der Waals surface area contributed by atoms with Crippen molar-refractivity contribution in [2.24, 2.45) is 5.10 Å². The number of benzene rings is 2. The Bertz CT molecular complexity index is 1260. The van der Waals surface area contributed by atoms with Crippen molar-refractivity contribution in [1.29, 1.82) is 0 Å². The maximum absolute atomic E-state index is 13.5. The molecule has 1 aromatic heterocycles. The molecule has 4 rings (SSSR count). The topological polar surface area (TPSA) is 84.1 Å². The van der Waals surface area contributed by atoms with Crippen molar-refractivity contribution in [3.63, 3.8) is 0 Å². The fourth-order valence-corrected chi connectivity index (χ4v) is 4.29. The minimum absolute atomic E-state index is 0.181. The quantitative estimate of drug-likeness (QED) is 0.523. The van der Waals surface area contributed by atoms with Crippen LogP contribution in [0.25, 0.3) is 0 Å². The Morgan fingerprint density at radius 1 is 1.12 bits per heavy atom. The van der Waals surface area contributed by atoms with Gasteiger partial charge in [-0.3, -0.25) is 9.59 Å². The van der Waals surface area contributed by atoms with Gasteiger partial charge in [-0.1, -0.05) is 18.2 Å². The number of methoxy groups -OCH3 is 1. The fourth-order valence-electron chi connectivity index (χ4n) is 4.29. The average molecular weight is 460 g/mol. The molecule has 0 bridgehead atoms. The van der Waals surface area contributed by atoms with E-state index in [1.165, 1.54) is 0 Å². The molecule has 0 spiro atoms. The zero-order chi connectivity index (χ0) is 24.2. The van der Waals surface area contributed by atoms with E-state index in [0.717, 1.165) is 46.7 Å². The van der Waals surface area contributed by atoms with E-state index in [4.69, 9.17) is 9.15 Å². The molecular formula is C27H29N3O4. The second kappa shape index (κ2) is 9.95. The molecule has 7 nitrogen and oxygen atoms in total. The van der Waals surface area contributed by atoms with Crippen LogP contribution >= 0.6 is 0 Å². The number of hydrazone groups is 1. The van der Waals surface area contributed by atoms with Crippen LogP contribution in [0.4, 0.5) is 5.69 Å². The van der Waals surface area contributed by atoms with E-state index < -0.39 is 0 Å². The summed E-state index contributed by atoms with van der Waals surface area (Å²) < 4.78 is 11.3. The van der Waals surface area contributed by atoms with Gasteiger partial charge in [-0.05, 0) is 69.5 Å². The van der Waals surface area contributed by atoms with E-state index in [2.05, 4.69) is 10.5 Å². The van der Waals surface area contributed by atoms with Crippen LogP contribution in [0.15, 0.2) is 58.0 Å². The molecule has 1 aliphatic rings. The van der Waals surface area contributed by atoms with Gasteiger partial charge in [0.15, 0.2) is 5.76 Å². The van der Waals surface area contributed by atoms with Crippen LogP contribution < -0.4 is 15.1 Å². The van der Waals surface area contributed by atoms with Crippen molar-refractivity contribution in [1.82, 2.24) is 5.43 Å². The van der Waals surface area contributed by atoms with Gasteiger partial charge < -0.3 is 14.1 Å². The summed E-state index contributed by atoms with van der Waals surface area (Å²) in [6, 6.07) is 14.7. The molecule has 2 aromatic carbocycles. The van der Waals surface area contributed by atoms with Gasteiger partial charge in [0.1, 0.15) is 11.5 Å². The lowest BCUT2D eigenvalue weighted by Gasteiger charge is -2.20. The first kappa shape index (κ1) is 23.3. The Labute approximate surface area is 199 Å². The van der Waals surface area contributed by atoms with Crippen LogP contribution in [0.1, 0.15) is 63.1 Å². The van der Waals surface area contributed by atoms with E-state index in [0.29, 0.717) is 30.0 Å². The Balaban J connectivity index is 1.61. The number of fused-ring (bicyclic) bond motifs is 1. The largest absolute Gasteiger partial charge is 0.497 e. The number of ether oxygens (including phenoxy) is 1. The van der Waals surface area contributed by atoms with Crippen LogP contribution in [0.5, 0.6) is 5.75 Å². The molecule has 0 atom stereocenters. The summed E-state index contributed by atoms with van der Waals surface area (Å²) in [6.07, 6.45) is 2.24. The van der Waals surface area contributed by atoms with Crippen molar-refractivity contribution in [3.8, 4) is 5.75 Å². The fraction of sp³-hybridized carbons (Fsp3) is 0.296. The highest BCUT2D eigenvalue weighted by atomic mass is 16.5. The number of anilines is 1. The number of hydrogen-bond acceptors (Lipinski definition) is 5. The number of aryl methyl sites for hydroxylation is 2. The predicted octanol–water partition coefficient (Wildman–Crippen LogP) is 5.04. The van der Waals surface area contributed by atoms with E-state index in [-0.39, 0.29) is 11.8 Å². The number of nitrogens with zero attached hydrogens (tertiary/aromatic N) is 2. The van der Waals surface area contributed by atoms with Gasteiger partial charge in [0, 0.05) is 35.3 Å². The molecule has 0 saturated heterocycles. The van der Waals surface area contributed by atoms with Crippen molar-refractivity contribution in [3.05, 3.63) is 82.3 Å². The molecule has 3 aromatic rings. The molecule has 34 heavy (non-hydrogen) atoms. The maximum Gasteiger partial charge on any atom is 0.294 e. The minimum Gasteiger partial charge on any atom is -0.497 e. The Morgan fingerprint density at radius 2 is 1.91 bits per heavy atom. The van der Waals surface area contributed by atoms with E-state index in [1.807, 2.05) is 45.0 Å². The summed E-state index contributed by atoms with van der Waals surface area (Å²) in [6.45, 7) is 6.34. The molecule has 0 saturated carbocycles. The molecular weight excluding hydrogens is 430 g/mol. The van der Waals surface area contributed by atoms with Gasteiger partial charge >= 0.3 is 0 Å². The SMILES string of the molecule is CCN(C(=O)c1oc2c(c1C)/C(=N/NC(=O)c1cccc(OC)c1)CCC2)c1cccc(C)c1. The second-order valence-electron chi connectivity index (χ2n) is 8.33. The lowest BCUT2D eigenvalue weighted by Crippen LogP contribution is -2.31. The molecule has 0 radical (unpaired) electrons. The summed E-state index contributed by atoms with van der Waals surface area (Å²) in [5.41, 5.74) is 7.31. The molecule has 0 fully saturated rings. The maximum atomic E-state index is 13.5. The number of carbonyl (C=O) groups is 2. The minimum atomic E-state index is -0.326. The first-order chi connectivity index (χ1) is 16.4. The van der Waals surface area contributed by atoms with Crippen LogP contribution in [0, 0.1) is 13.8 Å². The van der Waals surface area contributed by atoms with Crippen molar-refractivity contribution in [2.75, 3.05) is 18.6 Å². The van der Waals surface area contributed by atoms with E-state index >= 15 is 0 Å². The van der Waals surface area contributed by atoms with Gasteiger partial charge in [-0.2, -0.15) is 5.10 Å². The molecule has 1 aliphatic carbocycles. The Kier molecular flexibility index (Phi) is 6.82. The zero-order valence-electron chi connectivity index (χ0n) is 20.0. The van der Waals surface area contributed by atoms with Gasteiger partial charge in [0.2, 0.25) is 0 Å². The van der Waals surface area contributed by atoms with Crippen molar-refractivity contribution in [2.45, 2.75) is 40.0 Å². The number of rotatable bonds is 6. The first-order valence-corrected chi connectivity index (χ1v) is 11.4. The van der Waals surface area contributed by atoms with E-state index in [9.17, 15) is 9.59 Å². The molecule has 2 amide bonds. The summed E-state index contributed by atoms with van der Waals surface area (Å²) >= 11 is 0. The van der Waals surface area contributed by atoms with Crippen LogP contribution in [-0.2, 0) is 6.42 Å². The Morgan fingerprint density at radius 3 is 2.65 bits per heavy atom. The van der Waals surface area contributed by atoms with Gasteiger partial charge in [0.05, 0.1) is 12.8 Å². The standard InChI is InChI=1S/C27H29N3O4/c1-5-30(20-11-6-9-17(2)15-20)27(32)25-18(3)24-22(13-8-14-23(24)34-25)28-29-26(31)19-10-7-12-21(16-19)33-4/h6-7,9-12,15-16H,5,8,13-14H2,1-4H3,(H,29,31)/b28-22+. The number of hydrogen-bond donors (Lipinski definition) is 1. The summed E-state index contributed by atoms with van der Waals surface area (Å²) in [5.74, 6) is 1.15. The third-order valence-corrected chi connectivity index (χ3v) is 6.02. The molecule has 0 aliphatic heterocycles. The summed E-state index contributed by atoms with van der Waals surface area (Å²) in [7, 11) is 1.56. The highest BCUT2D eigenvalue weighted by Gasteiger charge is 2.30. The summed E-state index contributed by atoms with van der Waals surface area (Å²) in [4.78, 5) is 27.8. The smallest absolute Gasteiger partial charge is 0.294 e. The molecule has 7 heteroatoms. The number of amides is 2. The van der Waals surface area contributed by atoms with E-state index in [1.54, 1.807) is 36.3 Å². The number of carbonyl (C=O) groups excluding carboxylic acids is 2. The zero-order valence-corrected chi connectivity index (χ0v) is 20.0. The highest BCUT2D eigenvalue weighted by molar-refractivity contribution is 6.10. The number of furan rings is 1. The first-order valence-electron chi connectivity index (χ1n) is 11.4. The predicted molar refractivity (Wildman–Crippen MR) is 132 cm³/mol. The van der Waals surface area contributed by atoms with Gasteiger partial charge in [-0.15, -0.1) is 0 Å². The lowest BCUT2D eigenvalue weighted by atomic mass is 9.93. The number of nitrogens with one attached hydrogen (secondary N) is 1. The molecule has 1 N–H and O–H groups in total. The Hall–Kier alpha value is -3.87. The van der Waals surface area contributed by atoms with Crippen LogP contribution in [0.3, 0.4) is 0 Å². The third kappa shape index (κ3) is 4.59. The second-order valence-corrected chi connectivity index (χ2v) is 8.33. The van der Waals surface area contributed by atoms with Gasteiger partial charge in [-0.25, -0.2) is 5.43 Å². The van der Waals surface area contributed by atoms with Crippen molar-refractivity contribution < 1.29 is 18.7 Å². The van der Waals surface area contributed by atoms with Crippen LogP contribution in [-0.4, -0.2) is 31.2 Å². The van der Waals surface area contributed by atoms with Gasteiger partial charge in [0.25, 0.3) is 11.8 Å². The monoisotopic (exact) mass is 459 g/mol. The normalized spacial score (nSPS) is 13.9. The molecule has 176 valence electrons. The van der Waals surface area contributed by atoms with Crippen molar-refractivity contribution >= 4 is 23.2 Å². The lowest BCUT2D eigenvalue weighted by molar-refractivity contribution is 0.0949. The highest BCUT2D eigenvalue weighted by Crippen LogP contribution is 2.31. The average Bonchev–Trinajstić information content (AvgIpc) is 3.20. The molecule has 1 heterocycles. The summed E-state index contributed by atoms with van der Waals surface area (Å²) in [5, 5.41) is 4.42. The van der Waals surface area contributed by atoms with Crippen LogP contribution in [0.2, 0.25) is 0 Å².